The third-order valence-corrected chi connectivity index (χ3v) is 3.90. The highest BCUT2D eigenvalue weighted by molar-refractivity contribution is 6.05. The zero-order valence-corrected chi connectivity index (χ0v) is 13.9. The van der Waals surface area contributed by atoms with E-state index in [1.54, 1.807) is 19.5 Å². The van der Waals surface area contributed by atoms with E-state index in [-0.39, 0.29) is 6.23 Å². The van der Waals surface area contributed by atoms with Crippen LogP contribution in [0.1, 0.15) is 23.7 Å². The summed E-state index contributed by atoms with van der Waals surface area (Å²) in [5, 5.41) is 12.5. The molecule has 0 spiro atoms. The van der Waals surface area contributed by atoms with Gasteiger partial charge in [-0.25, -0.2) is 0 Å². The van der Waals surface area contributed by atoms with Crippen LogP contribution in [0, 0.1) is 0 Å². The molecule has 2 aromatic heterocycles. The standard InChI is InChI=1S/C18H17N5O2/c1-11-20-23-18(25-11)13-6-8-15-16(17(13)24-2)14(21-22-15)7-5-12-4-3-9-19-10-12/h3-11,20H,1-2H3,(H,21,22). The molecule has 0 saturated carbocycles. The number of rotatable bonds is 4. The van der Waals surface area contributed by atoms with Crippen LogP contribution in [-0.4, -0.2) is 34.4 Å². The van der Waals surface area contributed by atoms with E-state index in [9.17, 15) is 0 Å². The first-order valence-corrected chi connectivity index (χ1v) is 7.89. The van der Waals surface area contributed by atoms with Crippen molar-refractivity contribution in [1.82, 2.24) is 20.6 Å². The van der Waals surface area contributed by atoms with Crippen LogP contribution in [0.5, 0.6) is 5.75 Å². The number of methoxy groups -OCH3 is 1. The van der Waals surface area contributed by atoms with Gasteiger partial charge in [0.25, 0.3) is 0 Å². The summed E-state index contributed by atoms with van der Waals surface area (Å²) in [4.78, 5) is 4.11. The van der Waals surface area contributed by atoms with Crippen molar-refractivity contribution in [2.45, 2.75) is 13.2 Å². The highest BCUT2D eigenvalue weighted by atomic mass is 16.5. The average Bonchev–Trinajstić information content (AvgIpc) is 3.26. The molecule has 0 fully saturated rings. The number of aromatic amines is 1. The van der Waals surface area contributed by atoms with Gasteiger partial charge in [-0.3, -0.25) is 15.5 Å². The van der Waals surface area contributed by atoms with Gasteiger partial charge in [0.15, 0.2) is 6.23 Å². The van der Waals surface area contributed by atoms with E-state index in [2.05, 4.69) is 25.7 Å². The zero-order chi connectivity index (χ0) is 17.2. The van der Waals surface area contributed by atoms with Gasteiger partial charge in [0.2, 0.25) is 5.90 Å². The van der Waals surface area contributed by atoms with Crippen molar-refractivity contribution in [1.29, 1.82) is 0 Å². The number of hydrogen-bond donors (Lipinski definition) is 2. The van der Waals surface area contributed by atoms with Crippen molar-refractivity contribution in [2.75, 3.05) is 7.11 Å². The van der Waals surface area contributed by atoms with Crippen molar-refractivity contribution in [3.8, 4) is 5.75 Å². The normalized spacial score (nSPS) is 16.7. The monoisotopic (exact) mass is 335 g/mol. The number of benzene rings is 1. The lowest BCUT2D eigenvalue weighted by Gasteiger charge is -2.10. The molecule has 2 N–H and O–H groups in total. The number of pyridine rings is 1. The fourth-order valence-electron chi connectivity index (χ4n) is 2.75. The Labute approximate surface area is 144 Å². The van der Waals surface area contributed by atoms with Crippen molar-refractivity contribution in [3.63, 3.8) is 0 Å². The van der Waals surface area contributed by atoms with E-state index >= 15 is 0 Å². The Morgan fingerprint density at radius 3 is 2.88 bits per heavy atom. The molecule has 1 aliphatic heterocycles. The molecule has 3 aromatic rings. The molecule has 1 aliphatic rings. The van der Waals surface area contributed by atoms with Gasteiger partial charge in [-0.05, 0) is 36.8 Å². The zero-order valence-electron chi connectivity index (χ0n) is 13.9. The highest BCUT2D eigenvalue weighted by Crippen LogP contribution is 2.33. The molecule has 0 aliphatic carbocycles. The second-order valence-electron chi connectivity index (χ2n) is 5.60. The van der Waals surface area contributed by atoms with Gasteiger partial charge in [-0.2, -0.15) is 5.10 Å². The Balaban J connectivity index is 1.80. The van der Waals surface area contributed by atoms with Gasteiger partial charge < -0.3 is 9.47 Å². The minimum Gasteiger partial charge on any atom is -0.495 e. The number of fused-ring (bicyclic) bond motifs is 1. The predicted octanol–water partition coefficient (Wildman–Crippen LogP) is 2.76. The fourth-order valence-corrected chi connectivity index (χ4v) is 2.75. The maximum atomic E-state index is 5.69. The van der Waals surface area contributed by atoms with Gasteiger partial charge in [-0.1, -0.05) is 12.1 Å². The van der Waals surface area contributed by atoms with E-state index in [1.165, 1.54) is 0 Å². The van der Waals surface area contributed by atoms with Crippen LogP contribution in [0.15, 0.2) is 41.8 Å². The Kier molecular flexibility index (Phi) is 3.81. The summed E-state index contributed by atoms with van der Waals surface area (Å²) in [7, 11) is 1.63. The summed E-state index contributed by atoms with van der Waals surface area (Å²) in [5.41, 5.74) is 6.32. The number of nitrogens with one attached hydrogen (secondary N) is 2. The molecule has 1 aromatic carbocycles. The number of H-pyrrole nitrogens is 1. The first-order chi connectivity index (χ1) is 12.3. The summed E-state index contributed by atoms with van der Waals surface area (Å²) in [6, 6.07) is 7.73. The predicted molar refractivity (Wildman–Crippen MR) is 96.0 cm³/mol. The van der Waals surface area contributed by atoms with Gasteiger partial charge in [-0.15, -0.1) is 5.10 Å². The molecular weight excluding hydrogens is 318 g/mol. The fraction of sp³-hybridized carbons (Fsp3) is 0.167. The molecule has 7 nitrogen and oxygen atoms in total. The maximum absolute atomic E-state index is 5.69. The van der Waals surface area contributed by atoms with E-state index in [0.29, 0.717) is 11.6 Å². The lowest BCUT2D eigenvalue weighted by molar-refractivity contribution is 0.208. The summed E-state index contributed by atoms with van der Waals surface area (Å²) in [5.74, 6) is 1.18. The molecule has 0 saturated heterocycles. The lowest BCUT2D eigenvalue weighted by Crippen LogP contribution is -2.16. The minimum atomic E-state index is -0.162. The minimum absolute atomic E-state index is 0.162. The van der Waals surface area contributed by atoms with Crippen LogP contribution >= 0.6 is 0 Å². The highest BCUT2D eigenvalue weighted by Gasteiger charge is 2.23. The quantitative estimate of drug-likeness (QED) is 0.766. The smallest absolute Gasteiger partial charge is 0.243 e. The molecular formula is C18H17N5O2. The first-order valence-electron chi connectivity index (χ1n) is 7.89. The molecule has 126 valence electrons. The van der Waals surface area contributed by atoms with Gasteiger partial charge in [0.1, 0.15) is 5.75 Å². The van der Waals surface area contributed by atoms with Crippen molar-refractivity contribution in [2.24, 2.45) is 5.10 Å². The number of hydrogen-bond acceptors (Lipinski definition) is 6. The van der Waals surface area contributed by atoms with Crippen LogP contribution in [0.25, 0.3) is 23.1 Å². The molecule has 1 unspecified atom stereocenters. The van der Waals surface area contributed by atoms with Crippen LogP contribution in [0.4, 0.5) is 0 Å². The Morgan fingerprint density at radius 1 is 1.24 bits per heavy atom. The first kappa shape index (κ1) is 15.2. The topological polar surface area (TPSA) is 84.4 Å². The SMILES string of the molecule is COc1c(C2=NNC(C)O2)ccc2[nH]nc(C=Cc3cccnc3)c12. The number of hydrazone groups is 1. The summed E-state index contributed by atoms with van der Waals surface area (Å²) >= 11 is 0. The molecule has 3 heterocycles. The Hall–Kier alpha value is -3.35. The van der Waals surface area contributed by atoms with Crippen LogP contribution in [0.2, 0.25) is 0 Å². The van der Waals surface area contributed by atoms with E-state index in [1.807, 2.05) is 43.3 Å². The number of aromatic nitrogens is 3. The molecule has 25 heavy (non-hydrogen) atoms. The van der Waals surface area contributed by atoms with E-state index in [4.69, 9.17) is 9.47 Å². The maximum Gasteiger partial charge on any atom is 0.243 e. The number of nitrogens with zero attached hydrogens (tertiary/aromatic N) is 3. The van der Waals surface area contributed by atoms with Gasteiger partial charge in [0.05, 0.1) is 29.3 Å². The second-order valence-corrected chi connectivity index (χ2v) is 5.60. The molecule has 4 rings (SSSR count). The molecule has 0 bridgehead atoms. The Morgan fingerprint density at radius 2 is 2.16 bits per heavy atom. The van der Waals surface area contributed by atoms with Gasteiger partial charge in [0, 0.05) is 12.4 Å². The van der Waals surface area contributed by atoms with Crippen molar-refractivity contribution < 1.29 is 9.47 Å². The van der Waals surface area contributed by atoms with E-state index in [0.717, 1.165) is 27.7 Å². The van der Waals surface area contributed by atoms with E-state index < -0.39 is 0 Å². The summed E-state index contributed by atoms with van der Waals surface area (Å²) < 4.78 is 11.3. The number of ether oxygens (including phenoxy) is 2. The molecule has 7 heteroatoms. The van der Waals surface area contributed by atoms with Crippen LogP contribution in [-0.2, 0) is 4.74 Å². The third kappa shape index (κ3) is 2.80. The van der Waals surface area contributed by atoms with Crippen LogP contribution in [0.3, 0.4) is 0 Å². The Bertz CT molecular complexity index is 962. The third-order valence-electron chi connectivity index (χ3n) is 3.90. The second kappa shape index (κ2) is 6.27. The molecule has 0 radical (unpaired) electrons. The summed E-state index contributed by atoms with van der Waals surface area (Å²) in [6.07, 6.45) is 7.27. The summed E-state index contributed by atoms with van der Waals surface area (Å²) in [6.45, 7) is 1.89. The lowest BCUT2D eigenvalue weighted by atomic mass is 10.1. The largest absolute Gasteiger partial charge is 0.495 e. The molecule has 0 amide bonds. The van der Waals surface area contributed by atoms with Crippen molar-refractivity contribution in [3.05, 3.63) is 53.5 Å². The van der Waals surface area contributed by atoms with Gasteiger partial charge >= 0.3 is 0 Å². The van der Waals surface area contributed by atoms with Crippen LogP contribution < -0.4 is 10.2 Å². The van der Waals surface area contributed by atoms with Crippen molar-refractivity contribution >= 4 is 29.0 Å². The average molecular weight is 335 g/mol. The molecule has 1 atom stereocenters.